The molecule has 1 aliphatic rings. The van der Waals surface area contributed by atoms with Crippen molar-refractivity contribution in [1.29, 1.82) is 5.26 Å². The highest BCUT2D eigenvalue weighted by molar-refractivity contribution is 5.78. The van der Waals surface area contributed by atoms with Crippen LogP contribution < -0.4 is 10.2 Å². The first kappa shape index (κ1) is 12.4. The minimum atomic E-state index is 0.114. The van der Waals surface area contributed by atoms with Gasteiger partial charge in [-0.05, 0) is 25.0 Å². The van der Waals surface area contributed by atoms with E-state index < -0.39 is 0 Å². The van der Waals surface area contributed by atoms with Gasteiger partial charge >= 0.3 is 0 Å². The van der Waals surface area contributed by atoms with Gasteiger partial charge in [0, 0.05) is 37.9 Å². The standard InChI is InChI=1S/C13H16N4O/c1-15-13(18)10-3-6-17(7-4-10)12-2-5-16-11(8-12)9-14/h2,5,8,10H,3-4,6-7H2,1H3,(H,15,18). The third kappa shape index (κ3) is 2.59. The van der Waals surface area contributed by atoms with Gasteiger partial charge in [0.1, 0.15) is 11.8 Å². The number of anilines is 1. The summed E-state index contributed by atoms with van der Waals surface area (Å²) in [5.74, 6) is 0.241. The molecule has 0 saturated carbocycles. The van der Waals surface area contributed by atoms with Gasteiger partial charge in [0.15, 0.2) is 0 Å². The number of rotatable bonds is 2. The van der Waals surface area contributed by atoms with Gasteiger partial charge in [0.2, 0.25) is 5.91 Å². The van der Waals surface area contributed by atoms with Crippen molar-refractivity contribution in [1.82, 2.24) is 10.3 Å². The minimum absolute atomic E-state index is 0.114. The summed E-state index contributed by atoms with van der Waals surface area (Å²) in [6.45, 7) is 1.68. The van der Waals surface area contributed by atoms with Crippen molar-refractivity contribution in [3.05, 3.63) is 24.0 Å². The Kier molecular flexibility index (Phi) is 3.78. The van der Waals surface area contributed by atoms with Crippen LogP contribution in [0.3, 0.4) is 0 Å². The first-order chi connectivity index (χ1) is 8.74. The van der Waals surface area contributed by atoms with Gasteiger partial charge in [-0.3, -0.25) is 4.79 Å². The first-order valence-electron chi connectivity index (χ1n) is 6.07. The van der Waals surface area contributed by atoms with Crippen molar-refractivity contribution in [2.24, 2.45) is 5.92 Å². The third-order valence-corrected chi connectivity index (χ3v) is 3.34. The van der Waals surface area contributed by atoms with Crippen LogP contribution in [0.5, 0.6) is 0 Å². The summed E-state index contributed by atoms with van der Waals surface area (Å²) in [6.07, 6.45) is 3.35. The zero-order chi connectivity index (χ0) is 13.0. The van der Waals surface area contributed by atoms with Crippen molar-refractivity contribution in [3.63, 3.8) is 0 Å². The highest BCUT2D eigenvalue weighted by Gasteiger charge is 2.24. The van der Waals surface area contributed by atoms with E-state index in [9.17, 15) is 4.79 Å². The van der Waals surface area contributed by atoms with Crippen molar-refractivity contribution in [2.45, 2.75) is 12.8 Å². The van der Waals surface area contributed by atoms with Crippen molar-refractivity contribution in [2.75, 3.05) is 25.0 Å². The largest absolute Gasteiger partial charge is 0.371 e. The SMILES string of the molecule is CNC(=O)C1CCN(c2ccnc(C#N)c2)CC1. The fourth-order valence-corrected chi connectivity index (χ4v) is 2.28. The van der Waals surface area contributed by atoms with E-state index in [4.69, 9.17) is 5.26 Å². The van der Waals surface area contributed by atoms with E-state index in [1.807, 2.05) is 12.1 Å². The molecule has 1 N–H and O–H groups in total. The number of carbonyl (C=O) groups excluding carboxylic acids is 1. The Hall–Kier alpha value is -2.09. The second kappa shape index (κ2) is 5.50. The third-order valence-electron chi connectivity index (χ3n) is 3.34. The zero-order valence-corrected chi connectivity index (χ0v) is 10.4. The summed E-state index contributed by atoms with van der Waals surface area (Å²) in [5, 5.41) is 11.5. The van der Waals surface area contributed by atoms with Crippen LogP contribution in [0.2, 0.25) is 0 Å². The molecule has 1 saturated heterocycles. The molecule has 94 valence electrons. The zero-order valence-electron chi connectivity index (χ0n) is 10.4. The van der Waals surface area contributed by atoms with Crippen LogP contribution in [0.15, 0.2) is 18.3 Å². The van der Waals surface area contributed by atoms with Gasteiger partial charge in [-0.1, -0.05) is 0 Å². The Morgan fingerprint density at radius 2 is 2.28 bits per heavy atom. The number of aromatic nitrogens is 1. The molecule has 0 bridgehead atoms. The smallest absolute Gasteiger partial charge is 0.222 e. The molecule has 2 heterocycles. The van der Waals surface area contributed by atoms with Gasteiger partial charge < -0.3 is 10.2 Å². The molecule has 0 spiro atoms. The lowest BCUT2D eigenvalue weighted by atomic mass is 9.95. The van der Waals surface area contributed by atoms with Crippen LogP contribution in [0.25, 0.3) is 0 Å². The Balaban J connectivity index is 2.01. The van der Waals surface area contributed by atoms with Crippen molar-refractivity contribution < 1.29 is 4.79 Å². The van der Waals surface area contributed by atoms with Crippen LogP contribution in [-0.2, 0) is 4.79 Å². The normalized spacial score (nSPS) is 16.1. The summed E-state index contributed by atoms with van der Waals surface area (Å²) in [5.41, 5.74) is 1.44. The molecule has 1 aromatic rings. The van der Waals surface area contributed by atoms with E-state index in [0.29, 0.717) is 5.69 Å². The van der Waals surface area contributed by atoms with E-state index in [1.54, 1.807) is 19.3 Å². The lowest BCUT2D eigenvalue weighted by Gasteiger charge is -2.32. The molecule has 1 fully saturated rings. The number of nitrogens with one attached hydrogen (secondary N) is 1. The minimum Gasteiger partial charge on any atom is -0.371 e. The van der Waals surface area contributed by atoms with Crippen LogP contribution in [0, 0.1) is 17.2 Å². The molecular weight excluding hydrogens is 228 g/mol. The Morgan fingerprint density at radius 1 is 1.56 bits per heavy atom. The molecule has 1 aliphatic heterocycles. The molecule has 0 atom stereocenters. The topological polar surface area (TPSA) is 69.0 Å². The van der Waals surface area contributed by atoms with Gasteiger partial charge in [-0.25, -0.2) is 4.98 Å². The molecule has 2 rings (SSSR count). The predicted molar refractivity (Wildman–Crippen MR) is 68.0 cm³/mol. The second-order valence-electron chi connectivity index (χ2n) is 4.39. The van der Waals surface area contributed by atoms with Gasteiger partial charge in [0.05, 0.1) is 0 Å². The van der Waals surface area contributed by atoms with Crippen molar-refractivity contribution >= 4 is 11.6 Å². The number of nitriles is 1. The van der Waals surface area contributed by atoms with Crippen LogP contribution >= 0.6 is 0 Å². The van der Waals surface area contributed by atoms with E-state index in [-0.39, 0.29) is 11.8 Å². The average molecular weight is 244 g/mol. The molecule has 0 aliphatic carbocycles. The molecule has 18 heavy (non-hydrogen) atoms. The Bertz CT molecular complexity index is 472. The summed E-state index contributed by atoms with van der Waals surface area (Å²) in [4.78, 5) is 17.7. The van der Waals surface area contributed by atoms with E-state index in [1.165, 1.54) is 0 Å². The number of piperidine rings is 1. The summed E-state index contributed by atoms with van der Waals surface area (Å²) < 4.78 is 0. The molecule has 0 radical (unpaired) electrons. The Morgan fingerprint density at radius 3 is 2.89 bits per heavy atom. The first-order valence-corrected chi connectivity index (χ1v) is 6.07. The average Bonchev–Trinajstić information content (AvgIpc) is 2.46. The molecule has 1 aromatic heterocycles. The van der Waals surface area contributed by atoms with Crippen LogP contribution in [0.4, 0.5) is 5.69 Å². The summed E-state index contributed by atoms with van der Waals surface area (Å²) in [6, 6.07) is 5.74. The second-order valence-corrected chi connectivity index (χ2v) is 4.39. The summed E-state index contributed by atoms with van der Waals surface area (Å²) >= 11 is 0. The molecule has 0 aromatic carbocycles. The Labute approximate surface area is 106 Å². The van der Waals surface area contributed by atoms with E-state index in [0.717, 1.165) is 31.6 Å². The maximum Gasteiger partial charge on any atom is 0.222 e. The maximum atomic E-state index is 11.5. The number of amides is 1. The van der Waals surface area contributed by atoms with Crippen LogP contribution in [-0.4, -0.2) is 31.0 Å². The van der Waals surface area contributed by atoms with E-state index >= 15 is 0 Å². The molecule has 5 nitrogen and oxygen atoms in total. The lowest BCUT2D eigenvalue weighted by Crippen LogP contribution is -2.39. The predicted octanol–water partition coefficient (Wildman–Crippen LogP) is 0.916. The van der Waals surface area contributed by atoms with Gasteiger partial charge in [0.25, 0.3) is 0 Å². The summed E-state index contributed by atoms with van der Waals surface area (Å²) in [7, 11) is 1.68. The molecule has 5 heteroatoms. The number of nitrogens with zero attached hydrogens (tertiary/aromatic N) is 3. The van der Waals surface area contributed by atoms with Gasteiger partial charge in [-0.15, -0.1) is 0 Å². The van der Waals surface area contributed by atoms with Crippen LogP contribution in [0.1, 0.15) is 18.5 Å². The maximum absolute atomic E-state index is 11.5. The highest BCUT2D eigenvalue weighted by atomic mass is 16.1. The highest BCUT2D eigenvalue weighted by Crippen LogP contribution is 2.23. The lowest BCUT2D eigenvalue weighted by molar-refractivity contribution is -0.125. The number of hydrogen-bond acceptors (Lipinski definition) is 4. The van der Waals surface area contributed by atoms with Crippen molar-refractivity contribution in [3.8, 4) is 6.07 Å². The fraction of sp³-hybridized carbons (Fsp3) is 0.462. The number of carbonyl (C=O) groups is 1. The molecule has 1 amide bonds. The fourth-order valence-electron chi connectivity index (χ4n) is 2.28. The van der Waals surface area contributed by atoms with Gasteiger partial charge in [-0.2, -0.15) is 5.26 Å². The quantitative estimate of drug-likeness (QED) is 0.839. The number of pyridine rings is 1. The number of hydrogen-bond donors (Lipinski definition) is 1. The monoisotopic (exact) mass is 244 g/mol. The van der Waals surface area contributed by atoms with E-state index in [2.05, 4.69) is 15.2 Å². The molecular formula is C13H16N4O. The molecule has 0 unspecified atom stereocenters.